The van der Waals surface area contributed by atoms with Crippen molar-refractivity contribution in [3.05, 3.63) is 52.9 Å². The van der Waals surface area contributed by atoms with E-state index in [4.69, 9.17) is 12.2 Å². The normalized spacial score (nSPS) is 16.1. The third kappa shape index (κ3) is 3.38. The van der Waals surface area contributed by atoms with Gasteiger partial charge in [-0.05, 0) is 68.0 Å². The summed E-state index contributed by atoms with van der Waals surface area (Å²) < 4.78 is 2.10. The van der Waals surface area contributed by atoms with Gasteiger partial charge >= 0.3 is 0 Å². The second kappa shape index (κ2) is 7.00. The Morgan fingerprint density at radius 1 is 1.11 bits per heavy atom. The summed E-state index contributed by atoms with van der Waals surface area (Å²) in [6, 6.07) is 10.2. The second-order valence-corrected chi connectivity index (χ2v) is 7.14. The molecule has 1 aliphatic heterocycles. The average molecular weight is 382 g/mol. The maximum absolute atomic E-state index is 12.4. The van der Waals surface area contributed by atoms with E-state index in [2.05, 4.69) is 34.1 Å². The van der Waals surface area contributed by atoms with E-state index in [0.29, 0.717) is 0 Å². The van der Waals surface area contributed by atoms with Crippen LogP contribution in [0.25, 0.3) is 11.8 Å². The second-order valence-electron chi connectivity index (χ2n) is 6.75. The van der Waals surface area contributed by atoms with Crippen molar-refractivity contribution in [3.63, 3.8) is 0 Å². The number of amides is 2. The molecule has 1 aromatic heterocycles. The summed E-state index contributed by atoms with van der Waals surface area (Å²) in [6.07, 6.45) is 1.63. The molecule has 1 N–H and O–H groups in total. The summed E-state index contributed by atoms with van der Waals surface area (Å²) >= 11 is 4.98. The lowest BCUT2D eigenvalue weighted by molar-refractivity contribution is -0.128. The highest BCUT2D eigenvalue weighted by atomic mass is 32.1. The molecule has 140 valence electrons. The van der Waals surface area contributed by atoms with Crippen molar-refractivity contribution >= 4 is 40.9 Å². The zero-order valence-corrected chi connectivity index (χ0v) is 16.8. The van der Waals surface area contributed by atoms with Crippen molar-refractivity contribution in [1.29, 1.82) is 0 Å². The van der Waals surface area contributed by atoms with Crippen LogP contribution < -0.4 is 10.2 Å². The number of aromatic nitrogens is 1. The molecule has 2 heterocycles. The Hall–Kier alpha value is -2.93. The number of hydrogen-bond donors (Lipinski definition) is 1. The molecular formula is C20H22N4O2S. The van der Waals surface area contributed by atoms with Gasteiger partial charge in [-0.25, -0.2) is 0 Å². The molecule has 0 saturated carbocycles. The van der Waals surface area contributed by atoms with Crippen molar-refractivity contribution in [2.45, 2.75) is 13.8 Å². The van der Waals surface area contributed by atoms with Gasteiger partial charge in [0.2, 0.25) is 0 Å². The van der Waals surface area contributed by atoms with Crippen LogP contribution in [0.5, 0.6) is 0 Å². The number of nitrogens with zero attached hydrogens (tertiary/aromatic N) is 3. The Kier molecular flexibility index (Phi) is 4.89. The van der Waals surface area contributed by atoms with Gasteiger partial charge in [0, 0.05) is 43.9 Å². The molecule has 0 bridgehead atoms. The van der Waals surface area contributed by atoms with Crippen LogP contribution in [0.2, 0.25) is 0 Å². The molecule has 7 heteroatoms. The molecule has 6 nitrogen and oxygen atoms in total. The Morgan fingerprint density at radius 2 is 1.74 bits per heavy atom. The monoisotopic (exact) mass is 382 g/mol. The number of likely N-dealkylation sites (N-methyl/N-ethyl adjacent to an activating group) is 1. The van der Waals surface area contributed by atoms with Gasteiger partial charge in [-0.2, -0.15) is 0 Å². The maximum atomic E-state index is 12.4. The van der Waals surface area contributed by atoms with Crippen molar-refractivity contribution < 1.29 is 9.59 Å². The minimum absolute atomic E-state index is 0.0781. The molecule has 0 unspecified atom stereocenters. The number of nitrogens with one attached hydrogen (secondary N) is 1. The van der Waals surface area contributed by atoms with Crippen LogP contribution in [0.1, 0.15) is 17.0 Å². The highest BCUT2D eigenvalue weighted by Crippen LogP contribution is 2.25. The van der Waals surface area contributed by atoms with Crippen LogP contribution in [-0.2, 0) is 9.59 Å². The van der Waals surface area contributed by atoms with Gasteiger partial charge in [0.15, 0.2) is 5.11 Å². The van der Waals surface area contributed by atoms with E-state index in [0.717, 1.165) is 28.3 Å². The summed E-state index contributed by atoms with van der Waals surface area (Å²) in [4.78, 5) is 27.9. The molecule has 1 aliphatic rings. The zero-order chi connectivity index (χ0) is 19.9. The first-order chi connectivity index (χ1) is 12.7. The number of carbonyl (C=O) groups is 2. The smallest absolute Gasteiger partial charge is 0.265 e. The van der Waals surface area contributed by atoms with Gasteiger partial charge in [-0.15, -0.1) is 0 Å². The third-order valence-corrected chi connectivity index (χ3v) is 5.08. The number of anilines is 1. The van der Waals surface area contributed by atoms with E-state index in [9.17, 15) is 9.59 Å². The lowest BCUT2D eigenvalue weighted by Gasteiger charge is -2.25. The summed E-state index contributed by atoms with van der Waals surface area (Å²) in [7, 11) is 5.55. The molecule has 2 aromatic rings. The minimum atomic E-state index is -0.469. The number of carbonyl (C=O) groups excluding carboxylic acids is 2. The molecular weight excluding hydrogens is 360 g/mol. The van der Waals surface area contributed by atoms with Crippen LogP contribution in [0, 0.1) is 13.8 Å². The first-order valence-corrected chi connectivity index (χ1v) is 8.93. The lowest BCUT2D eigenvalue weighted by atomic mass is 10.1. The van der Waals surface area contributed by atoms with Gasteiger partial charge < -0.3 is 9.47 Å². The van der Waals surface area contributed by atoms with E-state index < -0.39 is 11.8 Å². The first-order valence-electron chi connectivity index (χ1n) is 8.52. The Morgan fingerprint density at radius 3 is 2.33 bits per heavy atom. The lowest BCUT2D eigenvalue weighted by Crippen LogP contribution is -2.52. The van der Waals surface area contributed by atoms with Crippen LogP contribution in [0.15, 0.2) is 35.9 Å². The highest BCUT2D eigenvalue weighted by Gasteiger charge is 2.31. The molecule has 1 saturated heterocycles. The Labute approximate surface area is 164 Å². The first kappa shape index (κ1) is 18.8. The molecule has 0 radical (unpaired) electrons. The van der Waals surface area contributed by atoms with Crippen LogP contribution in [-0.4, -0.2) is 47.5 Å². The molecule has 2 amide bonds. The van der Waals surface area contributed by atoms with E-state index in [1.807, 2.05) is 38.9 Å². The van der Waals surface area contributed by atoms with Crippen molar-refractivity contribution in [3.8, 4) is 5.69 Å². The number of benzene rings is 1. The van der Waals surface area contributed by atoms with Crippen LogP contribution >= 0.6 is 12.2 Å². The SMILES string of the molecule is Cc1cc(C=C2C(=O)NC(=S)N(C)C2=O)c(C)n1-c1ccc(N(C)C)cc1. The molecule has 1 aromatic carbocycles. The van der Waals surface area contributed by atoms with Crippen molar-refractivity contribution in [1.82, 2.24) is 14.8 Å². The summed E-state index contributed by atoms with van der Waals surface area (Å²) in [5, 5.41) is 2.66. The zero-order valence-electron chi connectivity index (χ0n) is 16.0. The van der Waals surface area contributed by atoms with E-state index in [1.165, 1.54) is 4.90 Å². The average Bonchev–Trinajstić information content (AvgIpc) is 2.90. The number of aryl methyl sites for hydroxylation is 1. The fourth-order valence-electron chi connectivity index (χ4n) is 3.13. The third-order valence-electron chi connectivity index (χ3n) is 4.70. The van der Waals surface area contributed by atoms with Crippen molar-refractivity contribution in [2.24, 2.45) is 0 Å². The number of rotatable bonds is 3. The molecule has 3 rings (SSSR count). The van der Waals surface area contributed by atoms with Gasteiger partial charge in [0.05, 0.1) is 0 Å². The Bertz CT molecular complexity index is 971. The molecule has 1 fully saturated rings. The molecule has 0 aliphatic carbocycles. The van der Waals surface area contributed by atoms with Crippen LogP contribution in [0.3, 0.4) is 0 Å². The summed E-state index contributed by atoms with van der Waals surface area (Å²) in [5.74, 6) is -0.868. The van der Waals surface area contributed by atoms with Gasteiger partial charge in [-0.1, -0.05) is 0 Å². The summed E-state index contributed by atoms with van der Waals surface area (Å²) in [5.41, 5.74) is 5.02. The van der Waals surface area contributed by atoms with Crippen LogP contribution in [0.4, 0.5) is 5.69 Å². The number of thiocarbonyl (C=S) groups is 1. The van der Waals surface area contributed by atoms with Gasteiger partial charge in [0.25, 0.3) is 11.8 Å². The Balaban J connectivity index is 2.02. The van der Waals surface area contributed by atoms with E-state index in [1.54, 1.807) is 13.1 Å². The molecule has 0 atom stereocenters. The molecule has 0 spiro atoms. The molecule has 27 heavy (non-hydrogen) atoms. The number of hydrogen-bond acceptors (Lipinski definition) is 4. The standard InChI is InChI=1S/C20H22N4O2S/c1-12-10-14(11-17-18(25)21-20(27)23(5)19(17)26)13(2)24(12)16-8-6-15(7-9-16)22(3)4/h6-11H,1-5H3,(H,21,25,27). The fraction of sp³-hybridized carbons (Fsp3) is 0.250. The van der Waals surface area contributed by atoms with Crippen molar-refractivity contribution in [2.75, 3.05) is 26.0 Å². The quantitative estimate of drug-likeness (QED) is 0.503. The summed E-state index contributed by atoms with van der Waals surface area (Å²) in [6.45, 7) is 3.97. The fourth-order valence-corrected chi connectivity index (χ4v) is 3.31. The van der Waals surface area contributed by atoms with E-state index in [-0.39, 0.29) is 10.7 Å². The van der Waals surface area contributed by atoms with Gasteiger partial charge in [-0.3, -0.25) is 19.8 Å². The minimum Gasteiger partial charge on any atom is -0.378 e. The predicted molar refractivity (Wildman–Crippen MR) is 111 cm³/mol. The van der Waals surface area contributed by atoms with Gasteiger partial charge in [0.1, 0.15) is 5.57 Å². The highest BCUT2D eigenvalue weighted by molar-refractivity contribution is 7.80. The largest absolute Gasteiger partial charge is 0.378 e. The topological polar surface area (TPSA) is 57.6 Å². The van der Waals surface area contributed by atoms with E-state index >= 15 is 0 Å². The maximum Gasteiger partial charge on any atom is 0.265 e. The predicted octanol–water partition coefficient (Wildman–Crippen LogP) is 2.42.